The fourth-order valence-electron chi connectivity index (χ4n) is 2.53. The lowest BCUT2D eigenvalue weighted by atomic mass is 10.00. The van der Waals surface area contributed by atoms with Gasteiger partial charge in [-0.25, -0.2) is 9.80 Å². The van der Waals surface area contributed by atoms with Crippen LogP contribution in [0.1, 0.15) is 25.8 Å². The van der Waals surface area contributed by atoms with Gasteiger partial charge in [0, 0.05) is 12.6 Å². The smallest absolute Gasteiger partial charge is 0.407 e. The van der Waals surface area contributed by atoms with Gasteiger partial charge in [-0.3, -0.25) is 10.6 Å². The van der Waals surface area contributed by atoms with Crippen molar-refractivity contribution >= 4 is 12.0 Å². The molecule has 0 unspecified atom stereocenters. The molecular weight excluding hydrogens is 336 g/mol. The summed E-state index contributed by atoms with van der Waals surface area (Å²) in [7, 11) is 1.26. The Labute approximate surface area is 154 Å². The van der Waals surface area contributed by atoms with Gasteiger partial charge in [-0.05, 0) is 24.3 Å². The van der Waals surface area contributed by atoms with Gasteiger partial charge >= 0.3 is 6.09 Å². The van der Waals surface area contributed by atoms with Gasteiger partial charge in [0.2, 0.25) is 5.91 Å². The molecule has 0 aliphatic heterocycles. The quantitative estimate of drug-likeness (QED) is 0.274. The Bertz CT molecular complexity index is 553. The van der Waals surface area contributed by atoms with Crippen LogP contribution in [0.3, 0.4) is 0 Å². The largest absolute Gasteiger partial charge is 0.453 e. The van der Waals surface area contributed by atoms with E-state index in [1.54, 1.807) is 0 Å². The van der Waals surface area contributed by atoms with Crippen molar-refractivity contribution in [3.63, 3.8) is 0 Å². The minimum absolute atomic E-state index is 0.102. The van der Waals surface area contributed by atoms with Gasteiger partial charge < -0.3 is 20.5 Å². The second-order valence-electron chi connectivity index (χ2n) is 6.50. The number of aliphatic hydroxyl groups is 1. The Kier molecular flexibility index (Phi) is 9.64. The van der Waals surface area contributed by atoms with Crippen LogP contribution in [0.25, 0.3) is 0 Å². The number of methoxy groups -OCH3 is 1. The Hall–Kier alpha value is -2.16. The second-order valence-corrected chi connectivity index (χ2v) is 6.50. The second kappa shape index (κ2) is 11.5. The molecule has 1 aromatic carbocycles. The number of nitrogens with two attached hydrogens (primary N) is 1. The maximum absolute atomic E-state index is 12.7. The average Bonchev–Trinajstić information content (AvgIpc) is 2.63. The molecule has 0 bridgehead atoms. The van der Waals surface area contributed by atoms with Crippen LogP contribution in [-0.4, -0.2) is 54.6 Å². The maximum atomic E-state index is 12.7. The minimum Gasteiger partial charge on any atom is -0.453 e. The molecule has 8 heteroatoms. The van der Waals surface area contributed by atoms with Crippen LogP contribution in [0.4, 0.5) is 4.79 Å². The Morgan fingerprint density at radius 3 is 2.42 bits per heavy atom. The standard InChI is InChI=1S/C18H30N4O4/c1-13(2)16(21-18(25)26-3)17(24)20-15(9-10-22(19)12-23)11-14-7-5-4-6-8-14/h4-8,13,15-16,23H,9-12,19H2,1-3H3,(H,20,24)(H,21,25)/t15-,16+/m1/s1. The summed E-state index contributed by atoms with van der Waals surface area (Å²) in [5.41, 5.74) is 1.08. The van der Waals surface area contributed by atoms with Crippen LogP contribution in [0.15, 0.2) is 30.3 Å². The van der Waals surface area contributed by atoms with Crippen LogP contribution in [0.2, 0.25) is 0 Å². The first-order valence-corrected chi connectivity index (χ1v) is 8.66. The molecule has 0 aliphatic rings. The SMILES string of the molecule is COC(=O)N[C@H](C(=O)N[C@H](CCN(N)CO)Cc1ccccc1)C(C)C. The van der Waals surface area contributed by atoms with Gasteiger partial charge in [0.1, 0.15) is 12.8 Å². The third kappa shape index (κ3) is 7.81. The van der Waals surface area contributed by atoms with E-state index in [0.29, 0.717) is 19.4 Å². The highest BCUT2D eigenvalue weighted by atomic mass is 16.5. The van der Waals surface area contributed by atoms with E-state index < -0.39 is 12.1 Å². The molecule has 146 valence electrons. The number of rotatable bonds is 10. The summed E-state index contributed by atoms with van der Waals surface area (Å²) in [5.74, 6) is 5.25. The number of amides is 2. The first-order valence-electron chi connectivity index (χ1n) is 8.66. The molecule has 2 amide bonds. The van der Waals surface area contributed by atoms with Crippen molar-refractivity contribution < 1.29 is 19.4 Å². The van der Waals surface area contributed by atoms with Gasteiger partial charge in [-0.1, -0.05) is 44.2 Å². The van der Waals surface area contributed by atoms with Crippen molar-refractivity contribution in [2.24, 2.45) is 11.8 Å². The number of nitrogens with zero attached hydrogens (tertiary/aromatic N) is 1. The van der Waals surface area contributed by atoms with Crippen molar-refractivity contribution in [3.8, 4) is 0 Å². The number of nitrogens with one attached hydrogen (secondary N) is 2. The third-order valence-corrected chi connectivity index (χ3v) is 4.03. The summed E-state index contributed by atoms with van der Waals surface area (Å²) < 4.78 is 4.59. The molecule has 1 aromatic rings. The molecule has 0 aromatic heterocycles. The zero-order chi connectivity index (χ0) is 19.5. The molecule has 0 fully saturated rings. The highest BCUT2D eigenvalue weighted by molar-refractivity contribution is 5.86. The van der Waals surface area contributed by atoms with Crippen molar-refractivity contribution in [1.82, 2.24) is 15.6 Å². The van der Waals surface area contributed by atoms with E-state index >= 15 is 0 Å². The highest BCUT2D eigenvalue weighted by Gasteiger charge is 2.26. The van der Waals surface area contributed by atoms with Crippen molar-refractivity contribution in [2.45, 2.75) is 38.8 Å². The van der Waals surface area contributed by atoms with Gasteiger partial charge in [0.05, 0.1) is 7.11 Å². The maximum Gasteiger partial charge on any atom is 0.407 e. The Morgan fingerprint density at radius 2 is 1.88 bits per heavy atom. The van der Waals surface area contributed by atoms with Gasteiger partial charge in [-0.2, -0.15) is 0 Å². The lowest BCUT2D eigenvalue weighted by Gasteiger charge is -2.26. The number of hydrazine groups is 1. The number of hydrogen-bond acceptors (Lipinski definition) is 6. The molecule has 8 nitrogen and oxygen atoms in total. The Balaban J connectivity index is 2.80. The molecular formula is C18H30N4O4. The molecule has 0 heterocycles. The van der Waals surface area contributed by atoms with E-state index in [1.807, 2.05) is 44.2 Å². The van der Waals surface area contributed by atoms with E-state index in [9.17, 15) is 9.59 Å². The average molecular weight is 366 g/mol. The summed E-state index contributed by atoms with van der Waals surface area (Å²) in [4.78, 5) is 24.2. The van der Waals surface area contributed by atoms with Crippen LogP contribution in [-0.2, 0) is 16.0 Å². The van der Waals surface area contributed by atoms with Gasteiger partial charge in [-0.15, -0.1) is 0 Å². The van der Waals surface area contributed by atoms with Crippen LogP contribution in [0, 0.1) is 5.92 Å². The molecule has 0 spiro atoms. The van der Waals surface area contributed by atoms with E-state index in [4.69, 9.17) is 10.9 Å². The topological polar surface area (TPSA) is 117 Å². The Morgan fingerprint density at radius 1 is 1.23 bits per heavy atom. The first-order chi connectivity index (χ1) is 12.4. The fourth-order valence-corrected chi connectivity index (χ4v) is 2.53. The lowest BCUT2D eigenvalue weighted by molar-refractivity contribution is -0.124. The van der Waals surface area contributed by atoms with Crippen molar-refractivity contribution in [2.75, 3.05) is 20.4 Å². The molecule has 5 N–H and O–H groups in total. The predicted octanol–water partition coefficient (Wildman–Crippen LogP) is 0.610. The molecule has 2 atom stereocenters. The number of hydrogen-bond donors (Lipinski definition) is 4. The number of ether oxygens (including phenoxy) is 1. The summed E-state index contributed by atoms with van der Waals surface area (Å²) in [6.45, 7) is 3.86. The number of carbonyl (C=O) groups is 2. The first kappa shape index (κ1) is 21.9. The van der Waals surface area contributed by atoms with Crippen LogP contribution >= 0.6 is 0 Å². The molecule has 0 saturated carbocycles. The summed E-state index contributed by atoms with van der Waals surface area (Å²) in [5, 5.41) is 15.9. The fraction of sp³-hybridized carbons (Fsp3) is 0.556. The minimum atomic E-state index is -0.701. The summed E-state index contributed by atoms with van der Waals surface area (Å²) >= 11 is 0. The van der Waals surface area contributed by atoms with E-state index in [0.717, 1.165) is 5.56 Å². The van der Waals surface area contributed by atoms with Gasteiger partial charge in [0.25, 0.3) is 0 Å². The summed E-state index contributed by atoms with van der Waals surface area (Å²) in [6.07, 6.45) is 0.530. The van der Waals surface area contributed by atoms with Gasteiger partial charge in [0.15, 0.2) is 0 Å². The molecule has 0 aliphatic carbocycles. The third-order valence-electron chi connectivity index (χ3n) is 4.03. The number of benzene rings is 1. The zero-order valence-electron chi connectivity index (χ0n) is 15.6. The molecule has 0 radical (unpaired) electrons. The van der Waals surface area contributed by atoms with Crippen LogP contribution in [0.5, 0.6) is 0 Å². The van der Waals surface area contributed by atoms with E-state index in [2.05, 4.69) is 15.4 Å². The lowest BCUT2D eigenvalue weighted by Crippen LogP contribution is -2.53. The zero-order valence-corrected chi connectivity index (χ0v) is 15.6. The number of alkyl carbamates (subject to hydrolysis) is 1. The number of carbonyl (C=O) groups excluding carboxylic acids is 2. The predicted molar refractivity (Wildman–Crippen MR) is 98.8 cm³/mol. The normalized spacial score (nSPS) is 13.3. The van der Waals surface area contributed by atoms with E-state index in [-0.39, 0.29) is 24.6 Å². The monoisotopic (exact) mass is 366 g/mol. The van der Waals surface area contributed by atoms with E-state index in [1.165, 1.54) is 12.1 Å². The summed E-state index contributed by atoms with van der Waals surface area (Å²) in [6, 6.07) is 8.88. The van der Waals surface area contributed by atoms with Crippen molar-refractivity contribution in [1.29, 1.82) is 0 Å². The van der Waals surface area contributed by atoms with Crippen LogP contribution < -0.4 is 16.5 Å². The molecule has 1 rings (SSSR count). The van der Waals surface area contributed by atoms with Crippen molar-refractivity contribution in [3.05, 3.63) is 35.9 Å². The highest BCUT2D eigenvalue weighted by Crippen LogP contribution is 2.09. The molecule has 26 heavy (non-hydrogen) atoms. The number of aliphatic hydroxyl groups excluding tert-OH is 1. The molecule has 0 saturated heterocycles.